The van der Waals surface area contributed by atoms with E-state index in [1.54, 1.807) is 30.3 Å². The standard InChI is InChI=1S/C25H25ClN4O4/c26-18-11-12-21(27-15-18)28-24(32)20-14-17-8-4-9-19(23(17)34-20)30(29-13-5-10-22(29)31)25(33)16-6-2-1-3-7-16/h4,8-9,11-12,14-16H,1-3,5-7,10,13H2,(H,27,28,32). The molecule has 3 heterocycles. The Morgan fingerprint density at radius 3 is 2.65 bits per heavy atom. The van der Waals surface area contributed by atoms with Crippen molar-refractivity contribution in [1.82, 2.24) is 9.99 Å². The molecular weight excluding hydrogens is 456 g/mol. The second-order valence-electron chi connectivity index (χ2n) is 8.73. The monoisotopic (exact) mass is 480 g/mol. The minimum Gasteiger partial charge on any atom is -0.449 e. The summed E-state index contributed by atoms with van der Waals surface area (Å²) in [6.07, 6.45) is 7.31. The number of nitrogens with zero attached hydrogens (tertiary/aromatic N) is 3. The minimum atomic E-state index is -0.473. The van der Waals surface area contributed by atoms with Crippen molar-refractivity contribution in [1.29, 1.82) is 0 Å². The molecule has 176 valence electrons. The lowest BCUT2D eigenvalue weighted by Gasteiger charge is -2.35. The first kappa shape index (κ1) is 22.4. The van der Waals surface area contributed by atoms with E-state index in [0.29, 0.717) is 46.9 Å². The number of hydrogen-bond acceptors (Lipinski definition) is 5. The first-order valence-corrected chi connectivity index (χ1v) is 12.0. The Morgan fingerprint density at radius 1 is 1.12 bits per heavy atom. The van der Waals surface area contributed by atoms with Crippen LogP contribution in [0.1, 0.15) is 55.5 Å². The Bertz CT molecular complexity index is 1230. The number of amides is 3. The molecule has 3 amide bonds. The summed E-state index contributed by atoms with van der Waals surface area (Å²) in [7, 11) is 0. The summed E-state index contributed by atoms with van der Waals surface area (Å²) in [4.78, 5) is 43.2. The fourth-order valence-electron chi connectivity index (χ4n) is 4.69. The first-order valence-electron chi connectivity index (χ1n) is 11.6. The van der Waals surface area contributed by atoms with Crippen molar-refractivity contribution in [3.63, 3.8) is 0 Å². The number of aromatic nitrogens is 1. The van der Waals surface area contributed by atoms with Gasteiger partial charge in [0.25, 0.3) is 5.91 Å². The van der Waals surface area contributed by atoms with Gasteiger partial charge in [-0.05, 0) is 43.5 Å². The van der Waals surface area contributed by atoms with E-state index in [-0.39, 0.29) is 23.5 Å². The molecular formula is C25H25ClN4O4. The van der Waals surface area contributed by atoms with Gasteiger partial charge >= 0.3 is 0 Å². The third kappa shape index (κ3) is 4.37. The maximum Gasteiger partial charge on any atom is 0.292 e. The number of hydrogen-bond donors (Lipinski definition) is 1. The van der Waals surface area contributed by atoms with Gasteiger partial charge in [0.2, 0.25) is 11.8 Å². The zero-order valence-electron chi connectivity index (χ0n) is 18.6. The second kappa shape index (κ2) is 9.46. The molecule has 5 rings (SSSR count). The summed E-state index contributed by atoms with van der Waals surface area (Å²) in [6, 6.07) is 10.2. The molecule has 3 aromatic rings. The van der Waals surface area contributed by atoms with Gasteiger partial charge in [0.1, 0.15) is 11.5 Å². The number of furan rings is 1. The van der Waals surface area contributed by atoms with E-state index in [4.69, 9.17) is 16.0 Å². The molecule has 1 aliphatic heterocycles. The molecule has 1 saturated heterocycles. The highest BCUT2D eigenvalue weighted by Gasteiger charge is 2.36. The van der Waals surface area contributed by atoms with Crippen LogP contribution < -0.4 is 10.3 Å². The van der Waals surface area contributed by atoms with Crippen molar-refractivity contribution in [3.8, 4) is 0 Å². The summed E-state index contributed by atoms with van der Waals surface area (Å²) in [5.41, 5.74) is 0.868. The second-order valence-corrected chi connectivity index (χ2v) is 9.16. The van der Waals surface area contributed by atoms with Crippen molar-refractivity contribution in [2.45, 2.75) is 44.9 Å². The molecule has 1 N–H and O–H groups in total. The number of anilines is 2. The highest BCUT2D eigenvalue weighted by molar-refractivity contribution is 6.30. The van der Waals surface area contributed by atoms with E-state index in [9.17, 15) is 14.4 Å². The molecule has 1 aromatic carbocycles. The molecule has 1 aliphatic carbocycles. The van der Waals surface area contributed by atoms with Crippen LogP contribution >= 0.6 is 11.6 Å². The zero-order chi connectivity index (χ0) is 23.7. The molecule has 8 nitrogen and oxygen atoms in total. The molecule has 34 heavy (non-hydrogen) atoms. The van der Waals surface area contributed by atoms with Crippen LogP contribution in [-0.4, -0.2) is 34.3 Å². The number of fused-ring (bicyclic) bond motifs is 1. The van der Waals surface area contributed by atoms with Crippen molar-refractivity contribution in [2.75, 3.05) is 16.9 Å². The molecule has 2 aromatic heterocycles. The van der Waals surface area contributed by atoms with Crippen LogP contribution in [0.2, 0.25) is 5.02 Å². The molecule has 1 saturated carbocycles. The van der Waals surface area contributed by atoms with Gasteiger partial charge in [-0.3, -0.25) is 14.4 Å². The smallest absolute Gasteiger partial charge is 0.292 e. The number of pyridine rings is 1. The Morgan fingerprint density at radius 2 is 1.94 bits per heavy atom. The molecule has 0 unspecified atom stereocenters. The van der Waals surface area contributed by atoms with Crippen LogP contribution in [0.3, 0.4) is 0 Å². The Hall–Kier alpha value is -3.39. The summed E-state index contributed by atoms with van der Waals surface area (Å²) in [5, 5.41) is 6.85. The van der Waals surface area contributed by atoms with Crippen LogP contribution in [-0.2, 0) is 9.59 Å². The molecule has 9 heteroatoms. The van der Waals surface area contributed by atoms with Gasteiger partial charge in [-0.1, -0.05) is 43.0 Å². The summed E-state index contributed by atoms with van der Waals surface area (Å²) in [5.74, 6) is -0.357. The van der Waals surface area contributed by atoms with Crippen LogP contribution in [0.5, 0.6) is 0 Å². The van der Waals surface area contributed by atoms with E-state index < -0.39 is 5.91 Å². The number of carbonyl (C=O) groups is 3. The summed E-state index contributed by atoms with van der Waals surface area (Å²) >= 11 is 5.86. The fraction of sp³-hybridized carbons (Fsp3) is 0.360. The predicted octanol–water partition coefficient (Wildman–Crippen LogP) is 5.18. The van der Waals surface area contributed by atoms with E-state index in [1.807, 2.05) is 6.07 Å². The van der Waals surface area contributed by atoms with Crippen LogP contribution in [0.4, 0.5) is 11.5 Å². The van der Waals surface area contributed by atoms with Gasteiger partial charge in [-0.15, -0.1) is 0 Å². The normalized spacial score (nSPS) is 16.7. The van der Waals surface area contributed by atoms with Gasteiger partial charge in [-0.25, -0.2) is 15.0 Å². The number of rotatable bonds is 5. The lowest BCUT2D eigenvalue weighted by Crippen LogP contribution is -2.50. The predicted molar refractivity (Wildman–Crippen MR) is 128 cm³/mol. The van der Waals surface area contributed by atoms with Crippen LogP contribution in [0.25, 0.3) is 11.0 Å². The largest absolute Gasteiger partial charge is 0.449 e. The summed E-state index contributed by atoms with van der Waals surface area (Å²) in [6.45, 7) is 0.476. The Labute approximate surface area is 201 Å². The maximum absolute atomic E-state index is 13.7. The fourth-order valence-corrected chi connectivity index (χ4v) is 4.80. The SMILES string of the molecule is O=C(Nc1ccc(Cl)cn1)c1cc2cccc(N(C(=O)C3CCCCC3)N3CCCC3=O)c2o1. The topological polar surface area (TPSA) is 95.8 Å². The molecule has 0 bridgehead atoms. The van der Waals surface area contributed by atoms with E-state index in [1.165, 1.54) is 16.2 Å². The molecule has 0 radical (unpaired) electrons. The minimum absolute atomic E-state index is 0.0806. The zero-order valence-corrected chi connectivity index (χ0v) is 19.4. The average molecular weight is 481 g/mol. The molecule has 2 aliphatic rings. The Balaban J connectivity index is 1.50. The highest BCUT2D eigenvalue weighted by atomic mass is 35.5. The molecule has 0 atom stereocenters. The van der Waals surface area contributed by atoms with Crippen molar-refractivity contribution in [3.05, 3.63) is 53.4 Å². The number of nitrogens with one attached hydrogen (secondary N) is 1. The Kier molecular flexibility index (Phi) is 6.24. The number of benzene rings is 1. The van der Waals surface area contributed by atoms with Crippen LogP contribution in [0.15, 0.2) is 47.0 Å². The maximum atomic E-state index is 13.7. The van der Waals surface area contributed by atoms with Gasteiger partial charge in [0, 0.05) is 30.5 Å². The van der Waals surface area contributed by atoms with Crippen molar-refractivity contribution >= 4 is 51.8 Å². The average Bonchev–Trinajstić information content (AvgIpc) is 3.48. The lowest BCUT2D eigenvalue weighted by atomic mass is 9.88. The van der Waals surface area contributed by atoms with E-state index >= 15 is 0 Å². The van der Waals surface area contributed by atoms with Crippen LogP contribution in [0, 0.1) is 5.92 Å². The first-order chi connectivity index (χ1) is 16.5. The number of hydrazine groups is 1. The van der Waals surface area contributed by atoms with Gasteiger partial charge in [0.15, 0.2) is 11.3 Å². The quantitative estimate of drug-likeness (QED) is 0.542. The lowest BCUT2D eigenvalue weighted by molar-refractivity contribution is -0.135. The van der Waals surface area contributed by atoms with Gasteiger partial charge < -0.3 is 9.73 Å². The van der Waals surface area contributed by atoms with Crippen molar-refractivity contribution in [2.24, 2.45) is 5.92 Å². The van der Waals surface area contributed by atoms with Gasteiger partial charge in [-0.2, -0.15) is 0 Å². The van der Waals surface area contributed by atoms with E-state index in [2.05, 4.69) is 10.3 Å². The van der Waals surface area contributed by atoms with E-state index in [0.717, 1.165) is 32.1 Å². The third-order valence-electron chi connectivity index (χ3n) is 6.40. The molecule has 2 fully saturated rings. The third-order valence-corrected chi connectivity index (χ3v) is 6.62. The number of para-hydroxylation sites is 1. The number of halogens is 1. The number of carbonyl (C=O) groups excluding carboxylic acids is 3. The van der Waals surface area contributed by atoms with Gasteiger partial charge in [0.05, 0.1) is 5.02 Å². The van der Waals surface area contributed by atoms with Crippen molar-refractivity contribution < 1.29 is 18.8 Å². The summed E-state index contributed by atoms with van der Waals surface area (Å²) < 4.78 is 5.97. The highest BCUT2D eigenvalue weighted by Crippen LogP contribution is 2.35. The molecule has 0 spiro atoms.